The monoisotopic (exact) mass is 492 g/mol. The van der Waals surface area contributed by atoms with Crippen LogP contribution >= 0.6 is 11.6 Å². The Labute approximate surface area is 187 Å². The number of carbonyl (C=O) groups is 2. The third-order valence-corrected chi connectivity index (χ3v) is 5.40. The minimum absolute atomic E-state index is 0.115. The first-order valence-electron chi connectivity index (χ1n) is 8.99. The standard InChI is InChI=1S/C20H20ClF3N2O5S/c1-19(2,3)31-18(28)26-14-8-6-12(20(22,23)24)10-15(14)25-17(27)11-5-7-13(21)16(9-11)32(4,29)30/h5-10H,1-4H3,(H,25,27)(H,26,28). The number of carbonyl (C=O) groups excluding carboxylic acids is 2. The fourth-order valence-corrected chi connectivity index (χ4v) is 3.77. The van der Waals surface area contributed by atoms with Crippen molar-refractivity contribution in [3.8, 4) is 0 Å². The zero-order valence-electron chi connectivity index (χ0n) is 17.4. The first-order valence-corrected chi connectivity index (χ1v) is 11.3. The molecule has 0 heterocycles. The molecular formula is C20H20ClF3N2O5S. The van der Waals surface area contributed by atoms with Crippen LogP contribution in [-0.2, 0) is 20.8 Å². The molecule has 174 valence electrons. The summed E-state index contributed by atoms with van der Waals surface area (Å²) in [4.78, 5) is 24.4. The highest BCUT2D eigenvalue weighted by Crippen LogP contribution is 2.34. The van der Waals surface area contributed by atoms with E-state index in [1.54, 1.807) is 20.8 Å². The van der Waals surface area contributed by atoms with Crippen molar-refractivity contribution >= 4 is 44.8 Å². The maximum absolute atomic E-state index is 13.2. The number of nitrogens with one attached hydrogen (secondary N) is 2. The number of rotatable bonds is 4. The first kappa shape index (κ1) is 25.5. The molecule has 0 unspecified atom stereocenters. The van der Waals surface area contributed by atoms with Crippen molar-refractivity contribution in [3.05, 3.63) is 52.5 Å². The summed E-state index contributed by atoms with van der Waals surface area (Å²) in [7, 11) is -3.76. The summed E-state index contributed by atoms with van der Waals surface area (Å²) >= 11 is 5.85. The van der Waals surface area contributed by atoms with E-state index in [9.17, 15) is 31.2 Å². The number of amides is 2. The van der Waals surface area contributed by atoms with Gasteiger partial charge in [-0.15, -0.1) is 0 Å². The highest BCUT2D eigenvalue weighted by atomic mass is 35.5. The third kappa shape index (κ3) is 6.86. The number of hydrogen-bond acceptors (Lipinski definition) is 5. The quantitative estimate of drug-likeness (QED) is 0.598. The Bertz CT molecular complexity index is 1160. The average Bonchev–Trinajstić information content (AvgIpc) is 2.59. The van der Waals surface area contributed by atoms with Crippen molar-refractivity contribution in [2.24, 2.45) is 0 Å². The summed E-state index contributed by atoms with van der Waals surface area (Å²) in [6.07, 6.45) is -4.77. The number of sulfone groups is 1. The summed E-state index contributed by atoms with van der Waals surface area (Å²) in [6.45, 7) is 4.80. The number of hydrogen-bond donors (Lipinski definition) is 2. The Morgan fingerprint density at radius 3 is 2.12 bits per heavy atom. The van der Waals surface area contributed by atoms with Crippen LogP contribution in [0, 0.1) is 0 Å². The molecule has 0 aliphatic carbocycles. The van der Waals surface area contributed by atoms with E-state index in [0.717, 1.165) is 24.5 Å². The lowest BCUT2D eigenvalue weighted by atomic mass is 10.1. The lowest BCUT2D eigenvalue weighted by Gasteiger charge is -2.21. The molecule has 0 aliphatic rings. The molecule has 2 amide bonds. The van der Waals surface area contributed by atoms with E-state index in [-0.39, 0.29) is 26.9 Å². The Balaban J connectivity index is 2.44. The smallest absolute Gasteiger partial charge is 0.416 e. The van der Waals surface area contributed by atoms with Crippen LogP contribution in [0.4, 0.5) is 29.3 Å². The SMILES string of the molecule is CC(C)(C)OC(=O)Nc1ccc(C(F)(F)F)cc1NC(=O)c1ccc(Cl)c(S(C)(=O)=O)c1. The van der Waals surface area contributed by atoms with E-state index in [0.29, 0.717) is 6.07 Å². The molecule has 2 rings (SSSR count). The highest BCUT2D eigenvalue weighted by Gasteiger charge is 2.31. The van der Waals surface area contributed by atoms with Gasteiger partial charge in [0.1, 0.15) is 5.60 Å². The van der Waals surface area contributed by atoms with Crippen LogP contribution in [-0.4, -0.2) is 32.3 Å². The lowest BCUT2D eigenvalue weighted by Crippen LogP contribution is -2.27. The van der Waals surface area contributed by atoms with Gasteiger partial charge in [-0.1, -0.05) is 11.6 Å². The Hall–Kier alpha value is -2.79. The molecule has 12 heteroatoms. The van der Waals surface area contributed by atoms with Crippen LogP contribution < -0.4 is 10.6 Å². The second-order valence-electron chi connectivity index (χ2n) is 7.76. The zero-order valence-corrected chi connectivity index (χ0v) is 19.0. The fraction of sp³-hybridized carbons (Fsp3) is 0.300. The van der Waals surface area contributed by atoms with Gasteiger partial charge in [0.2, 0.25) is 0 Å². The molecule has 0 spiro atoms. The number of ether oxygens (including phenoxy) is 1. The van der Waals surface area contributed by atoms with Gasteiger partial charge in [0.15, 0.2) is 9.84 Å². The van der Waals surface area contributed by atoms with E-state index >= 15 is 0 Å². The number of anilines is 2. The van der Waals surface area contributed by atoms with Gasteiger partial charge in [0.05, 0.1) is 26.9 Å². The molecule has 2 aromatic carbocycles. The van der Waals surface area contributed by atoms with Crippen molar-refractivity contribution in [2.75, 3.05) is 16.9 Å². The molecule has 2 N–H and O–H groups in total. The molecule has 2 aromatic rings. The van der Waals surface area contributed by atoms with Gasteiger partial charge in [-0.05, 0) is 57.2 Å². The maximum atomic E-state index is 13.2. The normalized spacial score (nSPS) is 12.2. The predicted molar refractivity (Wildman–Crippen MR) is 114 cm³/mol. The van der Waals surface area contributed by atoms with Crippen LogP contribution in [0.25, 0.3) is 0 Å². The van der Waals surface area contributed by atoms with Crippen molar-refractivity contribution in [2.45, 2.75) is 37.4 Å². The molecule has 0 radical (unpaired) electrons. The predicted octanol–water partition coefficient (Wildman–Crippen LogP) is 5.36. The van der Waals surface area contributed by atoms with E-state index in [1.807, 2.05) is 0 Å². The first-order chi connectivity index (χ1) is 14.5. The van der Waals surface area contributed by atoms with Crippen molar-refractivity contribution in [3.63, 3.8) is 0 Å². The largest absolute Gasteiger partial charge is 0.444 e. The van der Waals surface area contributed by atoms with Gasteiger partial charge in [-0.2, -0.15) is 13.2 Å². The Morgan fingerprint density at radius 1 is 0.969 bits per heavy atom. The molecule has 7 nitrogen and oxygen atoms in total. The van der Waals surface area contributed by atoms with E-state index in [4.69, 9.17) is 16.3 Å². The molecule has 0 aromatic heterocycles. The summed E-state index contributed by atoms with van der Waals surface area (Å²) in [5, 5.41) is 4.43. The summed E-state index contributed by atoms with van der Waals surface area (Å²) in [5.41, 5.74) is -2.64. The Morgan fingerprint density at radius 2 is 1.59 bits per heavy atom. The van der Waals surface area contributed by atoms with Crippen LogP contribution in [0.2, 0.25) is 5.02 Å². The molecule has 0 fully saturated rings. The molecule has 0 aliphatic heterocycles. The van der Waals surface area contributed by atoms with Gasteiger partial charge in [-0.3, -0.25) is 10.1 Å². The third-order valence-electron chi connectivity index (χ3n) is 3.82. The molecule has 0 atom stereocenters. The minimum atomic E-state index is -4.71. The number of halogens is 4. The second-order valence-corrected chi connectivity index (χ2v) is 10.1. The molecule has 0 saturated carbocycles. The molecular weight excluding hydrogens is 473 g/mol. The van der Waals surface area contributed by atoms with Crippen molar-refractivity contribution in [1.82, 2.24) is 0 Å². The van der Waals surface area contributed by atoms with Crippen LogP contribution in [0.3, 0.4) is 0 Å². The lowest BCUT2D eigenvalue weighted by molar-refractivity contribution is -0.137. The van der Waals surface area contributed by atoms with Crippen molar-refractivity contribution in [1.29, 1.82) is 0 Å². The van der Waals surface area contributed by atoms with Crippen molar-refractivity contribution < 1.29 is 35.9 Å². The summed E-state index contributed by atoms with van der Waals surface area (Å²) in [6, 6.07) is 5.72. The van der Waals surface area contributed by atoms with Crippen LogP contribution in [0.15, 0.2) is 41.3 Å². The second kappa shape index (κ2) is 8.99. The van der Waals surface area contributed by atoms with Crippen LogP contribution in [0.5, 0.6) is 0 Å². The number of benzene rings is 2. The summed E-state index contributed by atoms with van der Waals surface area (Å²) in [5.74, 6) is -0.918. The average molecular weight is 493 g/mol. The highest BCUT2D eigenvalue weighted by molar-refractivity contribution is 7.90. The molecule has 32 heavy (non-hydrogen) atoms. The fourth-order valence-electron chi connectivity index (χ4n) is 2.47. The number of alkyl halides is 3. The minimum Gasteiger partial charge on any atom is -0.444 e. The van der Waals surface area contributed by atoms with Crippen LogP contribution in [0.1, 0.15) is 36.7 Å². The van der Waals surface area contributed by atoms with E-state index in [2.05, 4.69) is 10.6 Å². The van der Waals surface area contributed by atoms with Gasteiger partial charge in [0, 0.05) is 11.8 Å². The zero-order chi connectivity index (χ0) is 24.5. The summed E-state index contributed by atoms with van der Waals surface area (Å²) < 4.78 is 68.2. The van der Waals surface area contributed by atoms with Gasteiger partial charge >= 0.3 is 12.3 Å². The van der Waals surface area contributed by atoms with Gasteiger partial charge < -0.3 is 10.1 Å². The maximum Gasteiger partial charge on any atom is 0.416 e. The van der Waals surface area contributed by atoms with Gasteiger partial charge in [-0.25, -0.2) is 13.2 Å². The molecule has 0 saturated heterocycles. The van der Waals surface area contributed by atoms with Gasteiger partial charge in [0.25, 0.3) is 5.91 Å². The molecule has 0 bridgehead atoms. The van der Waals surface area contributed by atoms with E-state index in [1.165, 1.54) is 12.1 Å². The Kier molecular flexibility index (Phi) is 7.15. The van der Waals surface area contributed by atoms with E-state index < -0.39 is 39.2 Å². The topological polar surface area (TPSA) is 102 Å².